The fraction of sp³-hybridized carbons (Fsp3) is 0.667. The van der Waals surface area contributed by atoms with Crippen LogP contribution in [0.5, 0.6) is 0 Å². The molecular weight excluding hydrogens is 320 g/mol. The van der Waals surface area contributed by atoms with Crippen LogP contribution in [0.4, 0.5) is 5.82 Å². The number of anilines is 1. The molecule has 0 aliphatic heterocycles. The summed E-state index contributed by atoms with van der Waals surface area (Å²) in [5.74, 6) is 1.23. The van der Waals surface area contributed by atoms with E-state index in [0.717, 1.165) is 23.5 Å². The highest BCUT2D eigenvalue weighted by Crippen LogP contribution is 2.45. The highest BCUT2D eigenvalue weighted by molar-refractivity contribution is 7.19. The van der Waals surface area contributed by atoms with Gasteiger partial charge in [0.2, 0.25) is 0 Å². The fourth-order valence-electron chi connectivity index (χ4n) is 4.29. The van der Waals surface area contributed by atoms with Crippen molar-refractivity contribution >= 4 is 27.4 Å². The van der Waals surface area contributed by atoms with E-state index >= 15 is 0 Å². The minimum absolute atomic E-state index is 0.223. The minimum atomic E-state index is 0.223. The molecule has 4 rings (SSSR count). The van der Waals surface area contributed by atoms with E-state index in [2.05, 4.69) is 34.3 Å². The summed E-state index contributed by atoms with van der Waals surface area (Å²) in [7, 11) is 4.35. The number of hydrogen-bond acceptors (Lipinski definition) is 6. The van der Waals surface area contributed by atoms with Crippen LogP contribution >= 0.6 is 11.3 Å². The summed E-state index contributed by atoms with van der Waals surface area (Å²) in [6, 6.07) is 1.20. The largest absolute Gasteiger partial charge is 0.396 e. The van der Waals surface area contributed by atoms with Crippen molar-refractivity contribution in [2.75, 3.05) is 26.0 Å². The average Bonchev–Trinajstić information content (AvgIpc) is 3.14. The Labute approximate surface area is 147 Å². The summed E-state index contributed by atoms with van der Waals surface area (Å²) in [5.41, 5.74) is 1.31. The van der Waals surface area contributed by atoms with Crippen molar-refractivity contribution in [1.29, 1.82) is 0 Å². The van der Waals surface area contributed by atoms with Gasteiger partial charge in [-0.2, -0.15) is 0 Å². The van der Waals surface area contributed by atoms with Crippen LogP contribution in [0.1, 0.15) is 48.5 Å². The number of fused-ring (bicyclic) bond motifs is 3. The van der Waals surface area contributed by atoms with Crippen LogP contribution in [0, 0.1) is 0 Å². The van der Waals surface area contributed by atoms with Gasteiger partial charge in [0, 0.05) is 22.9 Å². The Morgan fingerprint density at radius 2 is 2.00 bits per heavy atom. The molecule has 0 radical (unpaired) electrons. The molecule has 2 heterocycles. The Kier molecular flexibility index (Phi) is 4.45. The summed E-state index contributed by atoms with van der Waals surface area (Å²) in [5, 5.41) is 14.6. The maximum Gasteiger partial charge on any atom is 0.138 e. The van der Waals surface area contributed by atoms with Crippen LogP contribution in [-0.2, 0) is 6.42 Å². The van der Waals surface area contributed by atoms with Crippen molar-refractivity contribution in [2.24, 2.45) is 0 Å². The van der Waals surface area contributed by atoms with E-state index in [1.807, 2.05) is 0 Å². The van der Waals surface area contributed by atoms with Gasteiger partial charge in [-0.05, 0) is 58.2 Å². The summed E-state index contributed by atoms with van der Waals surface area (Å²) in [6.45, 7) is 0.223. The first-order chi connectivity index (χ1) is 11.7. The van der Waals surface area contributed by atoms with Crippen LogP contribution in [-0.4, -0.2) is 52.8 Å². The molecule has 2 aliphatic carbocycles. The summed E-state index contributed by atoms with van der Waals surface area (Å²) >= 11 is 1.78. The van der Waals surface area contributed by atoms with Crippen molar-refractivity contribution in [3.05, 3.63) is 16.8 Å². The molecule has 0 aromatic carbocycles. The lowest BCUT2D eigenvalue weighted by Crippen LogP contribution is -2.36. The van der Waals surface area contributed by atoms with E-state index in [4.69, 9.17) is 0 Å². The molecule has 0 bridgehead atoms. The van der Waals surface area contributed by atoms with Gasteiger partial charge in [-0.3, -0.25) is 0 Å². The van der Waals surface area contributed by atoms with Crippen LogP contribution in [0.2, 0.25) is 0 Å². The summed E-state index contributed by atoms with van der Waals surface area (Å²) < 4.78 is 0. The van der Waals surface area contributed by atoms with E-state index in [9.17, 15) is 5.11 Å². The molecule has 6 heteroatoms. The van der Waals surface area contributed by atoms with Gasteiger partial charge in [-0.1, -0.05) is 0 Å². The lowest BCUT2D eigenvalue weighted by molar-refractivity contribution is 0.221. The number of rotatable bonds is 4. The zero-order valence-electron chi connectivity index (χ0n) is 14.5. The van der Waals surface area contributed by atoms with Gasteiger partial charge < -0.3 is 15.3 Å². The second kappa shape index (κ2) is 6.58. The number of thiophene rings is 1. The first-order valence-electron chi connectivity index (χ1n) is 8.97. The van der Waals surface area contributed by atoms with E-state index in [-0.39, 0.29) is 12.5 Å². The second-order valence-corrected chi connectivity index (χ2v) is 8.46. The molecule has 1 saturated carbocycles. The molecule has 5 nitrogen and oxygen atoms in total. The van der Waals surface area contributed by atoms with Crippen LogP contribution in [0.3, 0.4) is 0 Å². The number of aliphatic hydroxyl groups excluding tert-OH is 1. The number of nitrogens with one attached hydrogen (secondary N) is 1. The Balaban J connectivity index is 1.59. The molecule has 24 heavy (non-hydrogen) atoms. The van der Waals surface area contributed by atoms with Crippen LogP contribution in [0.25, 0.3) is 10.2 Å². The van der Waals surface area contributed by atoms with Crippen molar-refractivity contribution in [3.63, 3.8) is 0 Å². The second-order valence-electron chi connectivity index (χ2n) is 7.37. The molecule has 1 fully saturated rings. The van der Waals surface area contributed by atoms with Gasteiger partial charge in [0.25, 0.3) is 0 Å². The van der Waals surface area contributed by atoms with Gasteiger partial charge in [-0.25, -0.2) is 9.97 Å². The summed E-state index contributed by atoms with van der Waals surface area (Å²) in [4.78, 5) is 13.9. The lowest BCUT2D eigenvalue weighted by Gasteiger charge is -2.33. The normalized spacial score (nSPS) is 26.9. The van der Waals surface area contributed by atoms with E-state index in [1.54, 1.807) is 17.7 Å². The predicted molar refractivity (Wildman–Crippen MR) is 98.9 cm³/mol. The van der Waals surface area contributed by atoms with Crippen LogP contribution < -0.4 is 5.32 Å². The smallest absolute Gasteiger partial charge is 0.138 e. The van der Waals surface area contributed by atoms with Crippen molar-refractivity contribution in [2.45, 2.75) is 56.5 Å². The maximum atomic E-state index is 9.72. The highest BCUT2D eigenvalue weighted by Gasteiger charge is 2.30. The van der Waals surface area contributed by atoms with E-state index in [0.29, 0.717) is 12.1 Å². The predicted octanol–water partition coefficient (Wildman–Crippen LogP) is 3.00. The molecule has 0 amide bonds. The number of nitrogens with zero attached hydrogens (tertiary/aromatic N) is 3. The van der Waals surface area contributed by atoms with Crippen molar-refractivity contribution in [3.8, 4) is 0 Å². The minimum Gasteiger partial charge on any atom is -0.396 e. The zero-order valence-corrected chi connectivity index (χ0v) is 15.3. The number of aliphatic hydroxyl groups is 1. The molecule has 0 unspecified atom stereocenters. The quantitative estimate of drug-likeness (QED) is 0.891. The molecule has 2 aromatic rings. The molecule has 130 valence electrons. The van der Waals surface area contributed by atoms with Gasteiger partial charge in [0.1, 0.15) is 17.0 Å². The molecule has 0 saturated heterocycles. The number of aromatic nitrogens is 2. The van der Waals surface area contributed by atoms with E-state index in [1.165, 1.54) is 41.5 Å². The molecule has 1 atom stereocenters. The van der Waals surface area contributed by atoms with Gasteiger partial charge in [0.05, 0.1) is 12.0 Å². The van der Waals surface area contributed by atoms with Crippen molar-refractivity contribution in [1.82, 2.24) is 14.9 Å². The standard InChI is InChI=1S/C18H26N4OS/c1-22(2)13-6-4-12(5-7-13)21-17-16-15-11(9-23)3-8-14(15)24-18(16)20-10-19-17/h10-13,23H,3-9H2,1-2H3,(H,19,20,21)/t11-,12?,13?/m1/s1. The SMILES string of the molecule is CN(C)C1CCC(Nc2ncnc3sc4c(c23)[C@@H](CO)CC4)CC1. The van der Waals surface area contributed by atoms with Gasteiger partial charge in [-0.15, -0.1) is 11.3 Å². The third-order valence-corrected chi connectivity index (χ3v) is 6.89. The Morgan fingerprint density at radius 1 is 1.21 bits per heavy atom. The topological polar surface area (TPSA) is 61.3 Å². The fourth-order valence-corrected chi connectivity index (χ4v) is 5.53. The molecule has 2 N–H and O–H groups in total. The number of aryl methyl sites for hydroxylation is 1. The molecule has 2 aromatic heterocycles. The van der Waals surface area contributed by atoms with Crippen LogP contribution in [0.15, 0.2) is 6.33 Å². The highest BCUT2D eigenvalue weighted by atomic mass is 32.1. The lowest BCUT2D eigenvalue weighted by atomic mass is 9.90. The first-order valence-corrected chi connectivity index (χ1v) is 9.79. The van der Waals surface area contributed by atoms with Gasteiger partial charge in [0.15, 0.2) is 0 Å². The van der Waals surface area contributed by atoms with Gasteiger partial charge >= 0.3 is 0 Å². The Morgan fingerprint density at radius 3 is 2.71 bits per heavy atom. The third kappa shape index (κ3) is 2.80. The monoisotopic (exact) mass is 346 g/mol. The van der Waals surface area contributed by atoms with E-state index < -0.39 is 0 Å². The Bertz CT molecular complexity index is 721. The molecule has 2 aliphatic rings. The average molecular weight is 347 g/mol. The number of hydrogen-bond donors (Lipinski definition) is 2. The third-order valence-electron chi connectivity index (χ3n) is 5.72. The van der Waals surface area contributed by atoms with Crippen molar-refractivity contribution < 1.29 is 5.11 Å². The first kappa shape index (κ1) is 16.2. The zero-order chi connectivity index (χ0) is 16.7. The maximum absolute atomic E-state index is 9.72. The summed E-state index contributed by atoms with van der Waals surface area (Å²) in [6.07, 6.45) is 8.63. The molecule has 0 spiro atoms. The Hall–Kier alpha value is -1.24. The molecular formula is C18H26N4OS.